The number of allylic oxidation sites excluding steroid dienone is 1. The topological polar surface area (TPSA) is 135 Å². The number of pyridine rings is 1. The number of carboxylic acid groups (broad SMARTS) is 1. The smallest absolute Gasteiger partial charge is 0.334 e. The van der Waals surface area contributed by atoms with Gasteiger partial charge in [0.15, 0.2) is 0 Å². The van der Waals surface area contributed by atoms with E-state index >= 15 is 0 Å². The van der Waals surface area contributed by atoms with Crippen LogP contribution < -0.4 is 21.3 Å². The molecule has 0 saturated heterocycles. The Hall–Kier alpha value is -3.55. The summed E-state index contributed by atoms with van der Waals surface area (Å²) in [5.41, 5.74) is 7.67. The van der Waals surface area contributed by atoms with E-state index in [2.05, 4.69) is 10.3 Å². The minimum Gasteiger partial charge on any atom is -0.496 e. The van der Waals surface area contributed by atoms with E-state index in [4.69, 9.17) is 10.5 Å². The molecule has 0 saturated carbocycles. The number of aromatic nitrogens is 1. The number of hydrogen-bond acceptors (Lipinski definition) is 5. The summed E-state index contributed by atoms with van der Waals surface area (Å²) in [4.78, 5) is 38.7. The Morgan fingerprint density at radius 1 is 1.26 bits per heavy atom. The van der Waals surface area contributed by atoms with Crippen LogP contribution in [0.1, 0.15) is 39.9 Å². The minimum atomic E-state index is -1.16. The van der Waals surface area contributed by atoms with Gasteiger partial charge >= 0.3 is 5.97 Å². The molecule has 1 aliphatic rings. The lowest BCUT2D eigenvalue weighted by atomic mass is 9.80. The van der Waals surface area contributed by atoms with E-state index in [0.717, 1.165) is 5.56 Å². The summed E-state index contributed by atoms with van der Waals surface area (Å²) < 4.78 is 5.38. The van der Waals surface area contributed by atoms with Crippen molar-refractivity contribution in [1.29, 1.82) is 0 Å². The molecule has 5 N–H and O–H groups in total. The number of carboxylic acids is 1. The predicted molar refractivity (Wildman–Crippen MR) is 99.1 cm³/mol. The summed E-state index contributed by atoms with van der Waals surface area (Å²) in [5, 5.41) is 12.8. The van der Waals surface area contributed by atoms with Gasteiger partial charge in [0.25, 0.3) is 5.56 Å². The monoisotopic (exact) mass is 369 g/mol. The van der Waals surface area contributed by atoms with Gasteiger partial charge in [-0.25, -0.2) is 4.79 Å². The fraction of sp³-hybridized carbons (Fsp3) is 0.211. The molecule has 2 heterocycles. The average molecular weight is 369 g/mol. The van der Waals surface area contributed by atoms with E-state index < -0.39 is 23.4 Å². The maximum atomic E-state index is 12.6. The van der Waals surface area contributed by atoms with Crippen LogP contribution in [0.3, 0.4) is 0 Å². The number of H-pyrrole nitrogens is 1. The number of aliphatic carboxylic acids is 1. The van der Waals surface area contributed by atoms with Crippen molar-refractivity contribution >= 4 is 17.6 Å². The first-order chi connectivity index (χ1) is 12.8. The number of methoxy groups -OCH3 is 1. The van der Waals surface area contributed by atoms with E-state index in [-0.39, 0.29) is 22.4 Å². The highest BCUT2D eigenvalue weighted by Gasteiger charge is 2.36. The molecule has 140 valence electrons. The lowest BCUT2D eigenvalue weighted by Gasteiger charge is -2.30. The molecule has 0 spiro atoms. The first-order valence-electron chi connectivity index (χ1n) is 8.17. The second-order valence-corrected chi connectivity index (χ2v) is 6.31. The number of nitrogens with one attached hydrogen (secondary N) is 2. The maximum absolute atomic E-state index is 12.6. The Kier molecular flexibility index (Phi) is 4.49. The van der Waals surface area contributed by atoms with Crippen LogP contribution in [0.2, 0.25) is 0 Å². The lowest BCUT2D eigenvalue weighted by Crippen LogP contribution is -2.30. The van der Waals surface area contributed by atoms with E-state index in [1.165, 1.54) is 19.2 Å². The predicted octanol–water partition coefficient (Wildman–Crippen LogP) is 1.71. The van der Waals surface area contributed by atoms with E-state index in [0.29, 0.717) is 16.9 Å². The molecule has 1 atom stereocenters. The van der Waals surface area contributed by atoms with Gasteiger partial charge in [0.1, 0.15) is 5.75 Å². The molecule has 0 radical (unpaired) electrons. The number of rotatable bonds is 4. The van der Waals surface area contributed by atoms with Crippen LogP contribution in [0.25, 0.3) is 0 Å². The van der Waals surface area contributed by atoms with Crippen molar-refractivity contribution in [2.75, 3.05) is 12.4 Å². The molecule has 1 unspecified atom stereocenters. The first-order valence-corrected chi connectivity index (χ1v) is 8.17. The summed E-state index contributed by atoms with van der Waals surface area (Å²) in [7, 11) is 1.41. The number of aromatic amines is 1. The molecule has 1 amide bonds. The third-order valence-corrected chi connectivity index (χ3v) is 4.68. The summed E-state index contributed by atoms with van der Waals surface area (Å²) in [6, 6.07) is 4.50. The van der Waals surface area contributed by atoms with Crippen molar-refractivity contribution in [3.8, 4) is 5.75 Å². The Balaban J connectivity index is 2.36. The van der Waals surface area contributed by atoms with Crippen LogP contribution in [0.15, 0.2) is 40.5 Å². The fourth-order valence-electron chi connectivity index (χ4n) is 3.40. The van der Waals surface area contributed by atoms with Gasteiger partial charge in [-0.05, 0) is 31.5 Å². The van der Waals surface area contributed by atoms with Crippen molar-refractivity contribution in [3.05, 3.63) is 68.3 Å². The highest BCUT2D eigenvalue weighted by molar-refractivity contribution is 5.95. The van der Waals surface area contributed by atoms with Crippen molar-refractivity contribution in [2.45, 2.75) is 19.8 Å². The number of amides is 1. The van der Waals surface area contributed by atoms with Gasteiger partial charge in [0.05, 0.1) is 29.9 Å². The van der Waals surface area contributed by atoms with Crippen LogP contribution >= 0.6 is 0 Å². The molecule has 3 rings (SSSR count). The van der Waals surface area contributed by atoms with Crippen LogP contribution in [0, 0.1) is 6.92 Å². The van der Waals surface area contributed by atoms with Crippen LogP contribution in [0.4, 0.5) is 5.69 Å². The molecule has 0 fully saturated rings. The van der Waals surface area contributed by atoms with E-state index in [1.54, 1.807) is 19.2 Å². The highest BCUT2D eigenvalue weighted by atomic mass is 16.5. The Bertz CT molecular complexity index is 1050. The standard InChI is InChI=1S/C19H19N3O5/c1-8-7-21-18(24)15-14(13(19(25)26)9(2)22-16(8)15)11-5-4-10(17(20)23)6-12(11)27-3/h4-7,14,22H,1-3H3,(H2,20,23)(H,21,24)(H,25,26). The van der Waals surface area contributed by atoms with Gasteiger partial charge in [-0.3, -0.25) is 9.59 Å². The molecule has 0 bridgehead atoms. The number of benzene rings is 1. The average Bonchev–Trinajstić information content (AvgIpc) is 2.62. The van der Waals surface area contributed by atoms with Gasteiger partial charge in [-0.1, -0.05) is 6.07 Å². The van der Waals surface area contributed by atoms with Crippen molar-refractivity contribution in [3.63, 3.8) is 0 Å². The number of nitrogens with two attached hydrogens (primary N) is 1. The number of hydrogen-bond donors (Lipinski definition) is 4. The van der Waals surface area contributed by atoms with Crippen LogP contribution in [-0.2, 0) is 4.79 Å². The molecule has 8 heteroatoms. The summed E-state index contributed by atoms with van der Waals surface area (Å²) >= 11 is 0. The van der Waals surface area contributed by atoms with Gasteiger partial charge in [0, 0.05) is 23.0 Å². The largest absolute Gasteiger partial charge is 0.496 e. The van der Waals surface area contributed by atoms with Crippen LogP contribution in [-0.4, -0.2) is 29.1 Å². The second-order valence-electron chi connectivity index (χ2n) is 6.31. The number of ether oxygens (including phenoxy) is 1. The molecule has 0 aliphatic carbocycles. The minimum absolute atomic E-state index is 0.0312. The summed E-state index contributed by atoms with van der Waals surface area (Å²) in [6.07, 6.45) is 1.57. The first kappa shape index (κ1) is 18.2. The molecular formula is C19H19N3O5. The van der Waals surface area contributed by atoms with Gasteiger partial charge < -0.3 is 25.9 Å². The third-order valence-electron chi connectivity index (χ3n) is 4.68. The third kappa shape index (κ3) is 2.95. The van der Waals surface area contributed by atoms with Crippen molar-refractivity contribution < 1.29 is 19.4 Å². The van der Waals surface area contributed by atoms with Gasteiger partial charge in [-0.15, -0.1) is 0 Å². The number of carbonyl (C=O) groups excluding carboxylic acids is 1. The molecular weight excluding hydrogens is 350 g/mol. The molecule has 1 aliphatic heterocycles. The molecule has 27 heavy (non-hydrogen) atoms. The number of primary amides is 1. The van der Waals surface area contributed by atoms with Gasteiger partial charge in [0.2, 0.25) is 5.91 Å². The molecule has 1 aromatic carbocycles. The summed E-state index contributed by atoms with van der Waals surface area (Å²) in [6.45, 7) is 3.45. The van der Waals surface area contributed by atoms with E-state index in [9.17, 15) is 19.5 Å². The van der Waals surface area contributed by atoms with Crippen LogP contribution in [0.5, 0.6) is 5.75 Å². The zero-order valence-corrected chi connectivity index (χ0v) is 15.0. The SMILES string of the molecule is COc1cc(C(N)=O)ccc1C1C(C(=O)O)=C(C)Nc2c(C)c[nH]c(=O)c21. The number of aryl methyl sites for hydroxylation is 1. The Morgan fingerprint density at radius 2 is 1.96 bits per heavy atom. The van der Waals surface area contributed by atoms with E-state index in [1.807, 2.05) is 6.92 Å². The number of fused-ring (bicyclic) bond motifs is 1. The quantitative estimate of drug-likeness (QED) is 0.648. The number of carbonyl (C=O) groups is 2. The molecule has 2 aromatic rings. The highest BCUT2D eigenvalue weighted by Crippen LogP contribution is 2.44. The second kappa shape index (κ2) is 6.64. The fourth-order valence-corrected chi connectivity index (χ4v) is 3.40. The normalized spacial score (nSPS) is 15.7. The van der Waals surface area contributed by atoms with Crippen molar-refractivity contribution in [1.82, 2.24) is 4.98 Å². The number of anilines is 1. The zero-order chi connectivity index (χ0) is 19.9. The molecule has 1 aromatic heterocycles. The summed E-state index contributed by atoms with van der Waals surface area (Å²) in [5.74, 6) is -2.39. The zero-order valence-electron chi connectivity index (χ0n) is 15.0. The Labute approximate surface area is 154 Å². The van der Waals surface area contributed by atoms with Gasteiger partial charge in [-0.2, -0.15) is 0 Å². The maximum Gasteiger partial charge on any atom is 0.334 e. The molecule has 8 nitrogen and oxygen atoms in total. The van der Waals surface area contributed by atoms with Crippen molar-refractivity contribution in [2.24, 2.45) is 5.73 Å². The Morgan fingerprint density at radius 3 is 2.56 bits per heavy atom. The lowest BCUT2D eigenvalue weighted by molar-refractivity contribution is -0.133.